The molecule has 1 aromatic heterocycles. The number of nitrogens with two attached hydrogens (primary N) is 1. The van der Waals surface area contributed by atoms with E-state index in [-0.39, 0.29) is 18.8 Å². The van der Waals surface area contributed by atoms with Gasteiger partial charge < -0.3 is 20.7 Å². The number of anilines is 1. The summed E-state index contributed by atoms with van der Waals surface area (Å²) in [6.45, 7) is 1.69. The van der Waals surface area contributed by atoms with Gasteiger partial charge in [0.1, 0.15) is 18.1 Å². The lowest BCUT2D eigenvalue weighted by Crippen LogP contribution is -2.28. The van der Waals surface area contributed by atoms with Crippen LogP contribution in [0.3, 0.4) is 0 Å². The average molecular weight is 281 g/mol. The highest BCUT2D eigenvalue weighted by Crippen LogP contribution is 2.27. The van der Waals surface area contributed by atoms with Crippen molar-refractivity contribution in [2.75, 3.05) is 12.3 Å². The summed E-state index contributed by atoms with van der Waals surface area (Å²) in [6.07, 6.45) is 4.20. The minimum atomic E-state index is -0.802. The second kappa shape index (κ2) is 6.17. The molecule has 0 aromatic carbocycles. The van der Waals surface area contributed by atoms with E-state index < -0.39 is 24.1 Å². The predicted octanol–water partition coefficient (Wildman–Crippen LogP) is -0.111. The van der Waals surface area contributed by atoms with E-state index in [2.05, 4.69) is 4.98 Å². The third kappa shape index (κ3) is 2.90. The molecule has 0 amide bonds. The average Bonchev–Trinajstić information content (AvgIpc) is 2.79. The van der Waals surface area contributed by atoms with Crippen LogP contribution in [0.5, 0.6) is 0 Å². The standard InChI is InChI=1S/C13H19N3O4/c1-2-3-4-8-6-16(13(19)15-12(8)14)11-5-9(18)10(7-17)20-11/h3-4,6,9-11,17-18H,2,5,7H2,1H3,(H2,14,15,19)/t9-,10+,11+/m0/s1. The summed E-state index contributed by atoms with van der Waals surface area (Å²) in [7, 11) is 0. The lowest BCUT2D eigenvalue weighted by molar-refractivity contribution is -0.0458. The van der Waals surface area contributed by atoms with Gasteiger partial charge in [0.05, 0.1) is 12.7 Å². The normalized spacial score (nSPS) is 26.4. The molecule has 1 aliphatic rings. The first kappa shape index (κ1) is 14.7. The molecule has 0 aliphatic carbocycles. The fraction of sp³-hybridized carbons (Fsp3) is 0.538. The first-order valence-electron chi connectivity index (χ1n) is 6.56. The summed E-state index contributed by atoms with van der Waals surface area (Å²) in [4.78, 5) is 15.6. The molecule has 2 rings (SSSR count). The second-order valence-electron chi connectivity index (χ2n) is 4.70. The highest BCUT2D eigenvalue weighted by atomic mass is 16.5. The highest BCUT2D eigenvalue weighted by molar-refractivity contribution is 5.59. The zero-order chi connectivity index (χ0) is 14.7. The summed E-state index contributed by atoms with van der Waals surface area (Å²) in [5.74, 6) is 0.160. The quantitative estimate of drug-likeness (QED) is 0.710. The molecule has 1 fully saturated rings. The predicted molar refractivity (Wildman–Crippen MR) is 73.9 cm³/mol. The molecule has 0 unspecified atom stereocenters. The number of aliphatic hydroxyl groups is 2. The lowest BCUT2D eigenvalue weighted by Gasteiger charge is -2.15. The van der Waals surface area contributed by atoms with Gasteiger partial charge >= 0.3 is 5.69 Å². The van der Waals surface area contributed by atoms with Gasteiger partial charge in [-0.3, -0.25) is 4.57 Å². The summed E-state index contributed by atoms with van der Waals surface area (Å²) >= 11 is 0. The van der Waals surface area contributed by atoms with Crippen molar-refractivity contribution in [2.24, 2.45) is 0 Å². The number of nitrogen functional groups attached to an aromatic ring is 1. The summed E-state index contributed by atoms with van der Waals surface area (Å²) in [5, 5.41) is 18.8. The zero-order valence-corrected chi connectivity index (χ0v) is 11.3. The first-order chi connectivity index (χ1) is 9.56. The molecule has 110 valence electrons. The molecular weight excluding hydrogens is 262 g/mol. The number of aliphatic hydroxyl groups excluding tert-OH is 2. The molecule has 7 nitrogen and oxygen atoms in total. The Morgan fingerprint density at radius 1 is 1.65 bits per heavy atom. The molecular formula is C13H19N3O4. The Bertz CT molecular complexity index is 555. The number of allylic oxidation sites excluding steroid dienone is 1. The Labute approximate surface area is 116 Å². The van der Waals surface area contributed by atoms with Crippen LogP contribution in [0.1, 0.15) is 31.6 Å². The van der Waals surface area contributed by atoms with Crippen molar-refractivity contribution < 1.29 is 14.9 Å². The number of ether oxygens (including phenoxy) is 1. The monoisotopic (exact) mass is 281 g/mol. The Morgan fingerprint density at radius 2 is 2.40 bits per heavy atom. The smallest absolute Gasteiger partial charge is 0.351 e. The van der Waals surface area contributed by atoms with E-state index >= 15 is 0 Å². The second-order valence-corrected chi connectivity index (χ2v) is 4.70. The molecule has 4 N–H and O–H groups in total. The van der Waals surface area contributed by atoms with Gasteiger partial charge in [-0.15, -0.1) is 0 Å². The molecule has 2 heterocycles. The van der Waals surface area contributed by atoms with Crippen LogP contribution < -0.4 is 11.4 Å². The zero-order valence-electron chi connectivity index (χ0n) is 11.3. The van der Waals surface area contributed by atoms with Crippen LogP contribution in [0.25, 0.3) is 6.08 Å². The number of aromatic nitrogens is 2. The van der Waals surface area contributed by atoms with E-state index in [1.807, 2.05) is 13.0 Å². The third-order valence-corrected chi connectivity index (χ3v) is 3.24. The maximum atomic E-state index is 11.9. The van der Waals surface area contributed by atoms with E-state index in [0.29, 0.717) is 5.56 Å². The lowest BCUT2D eigenvalue weighted by atomic mass is 10.2. The maximum absolute atomic E-state index is 11.9. The molecule has 0 spiro atoms. The molecule has 1 aliphatic heterocycles. The first-order valence-corrected chi connectivity index (χ1v) is 6.56. The Hall–Kier alpha value is -1.70. The summed E-state index contributed by atoms with van der Waals surface area (Å²) < 4.78 is 6.74. The van der Waals surface area contributed by atoms with Crippen molar-refractivity contribution in [2.45, 2.75) is 38.2 Å². The molecule has 0 radical (unpaired) electrons. The van der Waals surface area contributed by atoms with Gasteiger partial charge in [-0.05, 0) is 6.42 Å². The molecule has 1 saturated heterocycles. The molecule has 7 heteroatoms. The van der Waals surface area contributed by atoms with Gasteiger partial charge in [0.2, 0.25) is 0 Å². The number of hydrogen-bond donors (Lipinski definition) is 3. The summed E-state index contributed by atoms with van der Waals surface area (Å²) in [5.41, 5.74) is 5.79. The van der Waals surface area contributed by atoms with Gasteiger partial charge in [-0.25, -0.2) is 4.79 Å². The van der Waals surface area contributed by atoms with Crippen LogP contribution in [0.15, 0.2) is 17.1 Å². The highest BCUT2D eigenvalue weighted by Gasteiger charge is 2.35. The van der Waals surface area contributed by atoms with Crippen molar-refractivity contribution in [1.82, 2.24) is 9.55 Å². The minimum Gasteiger partial charge on any atom is -0.394 e. The van der Waals surface area contributed by atoms with E-state index in [0.717, 1.165) is 6.42 Å². The Morgan fingerprint density at radius 3 is 3.00 bits per heavy atom. The fourth-order valence-corrected chi connectivity index (χ4v) is 2.13. The van der Waals surface area contributed by atoms with Crippen LogP contribution in [-0.2, 0) is 4.74 Å². The van der Waals surface area contributed by atoms with E-state index in [9.17, 15) is 9.90 Å². The molecule has 0 saturated carbocycles. The van der Waals surface area contributed by atoms with Crippen molar-refractivity contribution in [1.29, 1.82) is 0 Å². The molecule has 20 heavy (non-hydrogen) atoms. The van der Waals surface area contributed by atoms with Crippen molar-refractivity contribution in [3.05, 3.63) is 28.3 Å². The minimum absolute atomic E-state index is 0.160. The third-order valence-electron chi connectivity index (χ3n) is 3.24. The topological polar surface area (TPSA) is 111 Å². The number of rotatable bonds is 4. The molecule has 1 aromatic rings. The van der Waals surface area contributed by atoms with Gasteiger partial charge in [-0.1, -0.05) is 19.1 Å². The van der Waals surface area contributed by atoms with Crippen molar-refractivity contribution >= 4 is 11.9 Å². The van der Waals surface area contributed by atoms with Crippen LogP contribution in [-0.4, -0.2) is 38.6 Å². The van der Waals surface area contributed by atoms with Gasteiger partial charge in [-0.2, -0.15) is 4.98 Å². The fourth-order valence-electron chi connectivity index (χ4n) is 2.13. The van der Waals surface area contributed by atoms with Crippen LogP contribution in [0, 0.1) is 0 Å². The van der Waals surface area contributed by atoms with E-state index in [4.69, 9.17) is 15.6 Å². The van der Waals surface area contributed by atoms with E-state index in [1.165, 1.54) is 4.57 Å². The van der Waals surface area contributed by atoms with Crippen molar-refractivity contribution in [3.63, 3.8) is 0 Å². The van der Waals surface area contributed by atoms with Crippen LogP contribution in [0.4, 0.5) is 5.82 Å². The van der Waals surface area contributed by atoms with Crippen molar-refractivity contribution in [3.8, 4) is 0 Å². The molecule has 0 bridgehead atoms. The number of hydrogen-bond acceptors (Lipinski definition) is 6. The largest absolute Gasteiger partial charge is 0.394 e. The number of nitrogens with zero attached hydrogens (tertiary/aromatic N) is 2. The van der Waals surface area contributed by atoms with Crippen LogP contribution >= 0.6 is 0 Å². The molecule has 3 atom stereocenters. The Kier molecular flexibility index (Phi) is 4.53. The SMILES string of the molecule is CCC=Cc1cn([C@H]2C[C@H](O)[C@@H](CO)O2)c(=O)nc1N. The summed E-state index contributed by atoms with van der Waals surface area (Å²) in [6, 6.07) is 0. The van der Waals surface area contributed by atoms with Gasteiger partial charge in [0, 0.05) is 18.2 Å². The Balaban J connectivity index is 2.32. The van der Waals surface area contributed by atoms with Crippen LogP contribution in [0.2, 0.25) is 0 Å². The van der Waals surface area contributed by atoms with E-state index in [1.54, 1.807) is 12.3 Å². The maximum Gasteiger partial charge on any atom is 0.351 e. The van der Waals surface area contributed by atoms with Gasteiger partial charge in [0.25, 0.3) is 0 Å². The van der Waals surface area contributed by atoms with Gasteiger partial charge in [0.15, 0.2) is 0 Å².